The molecule has 0 radical (unpaired) electrons. The van der Waals surface area contributed by atoms with Gasteiger partial charge in [0.2, 0.25) is 0 Å². The van der Waals surface area contributed by atoms with Gasteiger partial charge >= 0.3 is 11.9 Å². The molecule has 6 nitrogen and oxygen atoms in total. The van der Waals surface area contributed by atoms with Gasteiger partial charge in [-0.2, -0.15) is 0 Å². The van der Waals surface area contributed by atoms with E-state index >= 15 is 0 Å². The number of nitrogens with one attached hydrogen (secondary N) is 1. The Balaban J connectivity index is 0.000000321. The Morgan fingerprint density at radius 2 is 1.76 bits per heavy atom. The van der Waals surface area contributed by atoms with E-state index in [4.69, 9.17) is 14.9 Å². The molecule has 0 aromatic heterocycles. The van der Waals surface area contributed by atoms with Gasteiger partial charge in [-0.15, -0.1) is 0 Å². The molecule has 2 aromatic carbocycles. The van der Waals surface area contributed by atoms with Crippen molar-refractivity contribution in [1.82, 2.24) is 5.32 Å². The maximum Gasteiger partial charge on any atom is 0.328 e. The lowest BCUT2D eigenvalue weighted by Crippen LogP contribution is -2.16. The molecule has 29 heavy (non-hydrogen) atoms. The van der Waals surface area contributed by atoms with Gasteiger partial charge in [0.05, 0.1) is 12.7 Å². The van der Waals surface area contributed by atoms with Gasteiger partial charge in [-0.3, -0.25) is 0 Å². The molecule has 0 amide bonds. The SMILES string of the molecule is Fc1ccc(-c2ccccc2F)c(CO[C@H]2CCNC2)c1.O=C(O)C=CC(=O)O. The highest BCUT2D eigenvalue weighted by atomic mass is 19.1. The number of hydrogen-bond acceptors (Lipinski definition) is 4. The number of carboxylic acids is 2. The van der Waals surface area contributed by atoms with Crippen LogP contribution in [0, 0.1) is 11.6 Å². The van der Waals surface area contributed by atoms with Gasteiger partial charge in [0.25, 0.3) is 0 Å². The molecule has 3 rings (SSSR count). The largest absolute Gasteiger partial charge is 0.478 e. The summed E-state index contributed by atoms with van der Waals surface area (Å²) in [6, 6.07) is 10.9. The van der Waals surface area contributed by atoms with Crippen molar-refractivity contribution in [3.05, 3.63) is 71.8 Å². The van der Waals surface area contributed by atoms with Crippen LogP contribution >= 0.6 is 0 Å². The van der Waals surface area contributed by atoms with Crippen LogP contribution in [0.15, 0.2) is 54.6 Å². The third-order valence-corrected chi connectivity index (χ3v) is 4.09. The van der Waals surface area contributed by atoms with Crippen LogP contribution in [0.3, 0.4) is 0 Å². The van der Waals surface area contributed by atoms with Crippen molar-refractivity contribution < 1.29 is 33.3 Å². The summed E-state index contributed by atoms with van der Waals surface area (Å²) in [4.78, 5) is 19.1. The summed E-state index contributed by atoms with van der Waals surface area (Å²) in [5.41, 5.74) is 1.83. The van der Waals surface area contributed by atoms with Gasteiger partial charge < -0.3 is 20.3 Å². The molecule has 1 fully saturated rings. The maximum absolute atomic E-state index is 14.0. The van der Waals surface area contributed by atoms with Crippen molar-refractivity contribution in [2.24, 2.45) is 0 Å². The van der Waals surface area contributed by atoms with Crippen LogP contribution in [0.5, 0.6) is 0 Å². The highest BCUT2D eigenvalue weighted by Gasteiger charge is 2.16. The lowest BCUT2D eigenvalue weighted by Gasteiger charge is -2.14. The van der Waals surface area contributed by atoms with Crippen molar-refractivity contribution in [3.8, 4) is 11.1 Å². The molecule has 154 valence electrons. The number of carbonyl (C=O) groups is 2. The average Bonchev–Trinajstić information content (AvgIpc) is 3.20. The third-order valence-electron chi connectivity index (χ3n) is 4.09. The van der Waals surface area contributed by atoms with Crippen molar-refractivity contribution >= 4 is 11.9 Å². The Morgan fingerprint density at radius 1 is 1.07 bits per heavy atom. The molecular formula is C21H21F2NO5. The van der Waals surface area contributed by atoms with E-state index < -0.39 is 11.9 Å². The first-order chi connectivity index (χ1) is 13.9. The molecule has 0 bridgehead atoms. The number of carboxylic acid groups (broad SMARTS) is 2. The molecule has 1 aliphatic rings. The fourth-order valence-corrected chi connectivity index (χ4v) is 2.74. The van der Waals surface area contributed by atoms with Crippen LogP contribution in [0.4, 0.5) is 8.78 Å². The lowest BCUT2D eigenvalue weighted by molar-refractivity contribution is -0.134. The minimum Gasteiger partial charge on any atom is -0.478 e. The number of rotatable bonds is 6. The van der Waals surface area contributed by atoms with E-state index in [0.29, 0.717) is 28.8 Å². The van der Waals surface area contributed by atoms with Crippen molar-refractivity contribution in [2.75, 3.05) is 13.1 Å². The Labute approximate surface area is 166 Å². The summed E-state index contributed by atoms with van der Waals surface area (Å²) < 4.78 is 33.2. The van der Waals surface area contributed by atoms with Gasteiger partial charge in [-0.1, -0.05) is 24.3 Å². The maximum atomic E-state index is 14.0. The standard InChI is InChI=1S/C17H17F2NO.C4H4O4/c18-13-5-6-15(16-3-1-2-4-17(16)19)12(9-13)11-21-14-7-8-20-10-14;5-3(6)1-2-4(7)8/h1-6,9,14,20H,7-8,10-11H2;1-2H,(H,5,6)(H,7,8)/t14-;/m0./s1. The highest BCUT2D eigenvalue weighted by Crippen LogP contribution is 2.28. The average molecular weight is 405 g/mol. The Kier molecular flexibility index (Phi) is 8.45. The number of benzene rings is 2. The highest BCUT2D eigenvalue weighted by molar-refractivity contribution is 5.89. The summed E-state index contributed by atoms with van der Waals surface area (Å²) in [5.74, 6) is -3.16. The van der Waals surface area contributed by atoms with Crippen LogP contribution < -0.4 is 5.32 Å². The van der Waals surface area contributed by atoms with E-state index in [1.807, 2.05) is 0 Å². The van der Waals surface area contributed by atoms with Crippen LogP contribution in [0.25, 0.3) is 11.1 Å². The van der Waals surface area contributed by atoms with Gasteiger partial charge in [-0.05, 0) is 42.3 Å². The fourth-order valence-electron chi connectivity index (χ4n) is 2.74. The predicted octanol–water partition coefficient (Wildman–Crippen LogP) is 3.22. The number of hydrogen-bond donors (Lipinski definition) is 3. The molecule has 2 aromatic rings. The first-order valence-electron chi connectivity index (χ1n) is 8.86. The molecular weight excluding hydrogens is 384 g/mol. The Bertz CT molecular complexity index is 863. The van der Waals surface area contributed by atoms with E-state index in [1.165, 1.54) is 18.2 Å². The molecule has 0 aliphatic carbocycles. The molecule has 0 saturated carbocycles. The summed E-state index contributed by atoms with van der Waals surface area (Å²) in [6.07, 6.45) is 2.20. The summed E-state index contributed by atoms with van der Waals surface area (Å²) in [6.45, 7) is 2.03. The normalized spacial score (nSPS) is 15.7. The van der Waals surface area contributed by atoms with E-state index in [-0.39, 0.29) is 24.3 Å². The van der Waals surface area contributed by atoms with Gasteiger partial charge in [-0.25, -0.2) is 18.4 Å². The Hall–Kier alpha value is -3.10. The van der Waals surface area contributed by atoms with Crippen LogP contribution in [-0.4, -0.2) is 41.3 Å². The van der Waals surface area contributed by atoms with Crippen molar-refractivity contribution in [2.45, 2.75) is 19.1 Å². The second-order valence-electron chi connectivity index (χ2n) is 6.22. The molecule has 0 unspecified atom stereocenters. The van der Waals surface area contributed by atoms with Gasteiger partial charge in [0.15, 0.2) is 0 Å². The van der Waals surface area contributed by atoms with Crippen LogP contribution in [0.2, 0.25) is 0 Å². The summed E-state index contributed by atoms with van der Waals surface area (Å²) >= 11 is 0. The topological polar surface area (TPSA) is 95.9 Å². The zero-order valence-corrected chi connectivity index (χ0v) is 15.5. The number of aliphatic carboxylic acids is 2. The number of ether oxygens (including phenoxy) is 1. The first kappa shape index (κ1) is 22.2. The zero-order valence-electron chi connectivity index (χ0n) is 15.5. The zero-order chi connectivity index (χ0) is 21.2. The van der Waals surface area contributed by atoms with E-state index in [2.05, 4.69) is 5.32 Å². The lowest BCUT2D eigenvalue weighted by atomic mass is 9.99. The van der Waals surface area contributed by atoms with Crippen LogP contribution in [-0.2, 0) is 20.9 Å². The predicted molar refractivity (Wildman–Crippen MR) is 102 cm³/mol. The second kappa shape index (κ2) is 11.0. The van der Waals surface area contributed by atoms with Crippen molar-refractivity contribution in [3.63, 3.8) is 0 Å². The van der Waals surface area contributed by atoms with Crippen molar-refractivity contribution in [1.29, 1.82) is 0 Å². The van der Waals surface area contributed by atoms with E-state index in [9.17, 15) is 18.4 Å². The van der Waals surface area contributed by atoms with Gasteiger partial charge in [0.1, 0.15) is 11.6 Å². The monoisotopic (exact) mass is 405 g/mol. The van der Waals surface area contributed by atoms with E-state index in [0.717, 1.165) is 19.5 Å². The summed E-state index contributed by atoms with van der Waals surface area (Å²) in [7, 11) is 0. The molecule has 3 N–H and O–H groups in total. The molecule has 1 heterocycles. The second-order valence-corrected chi connectivity index (χ2v) is 6.22. The molecule has 0 spiro atoms. The van der Waals surface area contributed by atoms with Gasteiger partial charge in [0, 0.05) is 24.3 Å². The minimum atomic E-state index is -1.26. The molecule has 1 atom stereocenters. The molecule has 1 aliphatic heterocycles. The summed E-state index contributed by atoms with van der Waals surface area (Å²) in [5, 5.41) is 18.8. The first-order valence-corrected chi connectivity index (χ1v) is 8.86. The smallest absolute Gasteiger partial charge is 0.328 e. The van der Waals surface area contributed by atoms with Crippen LogP contribution in [0.1, 0.15) is 12.0 Å². The van der Waals surface area contributed by atoms with E-state index in [1.54, 1.807) is 24.3 Å². The third kappa shape index (κ3) is 7.44. The molecule has 8 heteroatoms. The number of halogens is 2. The quantitative estimate of drug-likeness (QED) is 0.639. The minimum absolute atomic E-state index is 0.140. The fraction of sp³-hybridized carbons (Fsp3) is 0.238. The molecule has 1 saturated heterocycles. The Morgan fingerprint density at radius 3 is 2.34 bits per heavy atom.